The van der Waals surface area contributed by atoms with E-state index in [4.69, 9.17) is 15.3 Å². The van der Waals surface area contributed by atoms with Crippen LogP contribution in [-0.4, -0.2) is 23.2 Å². The Morgan fingerprint density at radius 3 is 2.29 bits per heavy atom. The summed E-state index contributed by atoms with van der Waals surface area (Å²) in [6.07, 6.45) is 0.968. The zero-order chi connectivity index (χ0) is 11.4. The molecule has 0 aliphatic rings. The fourth-order valence-corrected chi connectivity index (χ4v) is 1.01. The minimum atomic E-state index is -0.553. The van der Waals surface area contributed by atoms with Crippen LogP contribution in [0.4, 0.5) is 0 Å². The van der Waals surface area contributed by atoms with Crippen LogP contribution in [0, 0.1) is 22.7 Å². The Labute approximate surface area is 100 Å². The SMILES string of the molecule is COC=O.N#CCCC(Br)(C#N)CBr. The van der Waals surface area contributed by atoms with Gasteiger partial charge in [0.2, 0.25) is 0 Å². The Balaban J connectivity index is 0. The number of methoxy groups -OCH3 is 1. The number of hydrogen-bond acceptors (Lipinski definition) is 4. The van der Waals surface area contributed by atoms with Crippen molar-refractivity contribution < 1.29 is 9.53 Å². The van der Waals surface area contributed by atoms with Gasteiger partial charge in [-0.2, -0.15) is 10.5 Å². The molecular weight excluding hydrogens is 316 g/mol. The molecular formula is C8H10Br2N2O2. The summed E-state index contributed by atoms with van der Waals surface area (Å²) in [6.45, 7) is 0.375. The lowest BCUT2D eigenvalue weighted by Crippen LogP contribution is -2.19. The summed E-state index contributed by atoms with van der Waals surface area (Å²) in [5.41, 5.74) is 0. The summed E-state index contributed by atoms with van der Waals surface area (Å²) >= 11 is 6.41. The molecule has 78 valence electrons. The van der Waals surface area contributed by atoms with Crippen LogP contribution in [-0.2, 0) is 9.53 Å². The highest BCUT2D eigenvalue weighted by Crippen LogP contribution is 2.25. The van der Waals surface area contributed by atoms with Gasteiger partial charge < -0.3 is 4.74 Å². The van der Waals surface area contributed by atoms with Gasteiger partial charge >= 0.3 is 0 Å². The maximum Gasteiger partial charge on any atom is 0.292 e. The molecule has 0 spiro atoms. The zero-order valence-corrected chi connectivity index (χ0v) is 10.8. The lowest BCUT2D eigenvalue weighted by atomic mass is 10.1. The van der Waals surface area contributed by atoms with Crippen molar-refractivity contribution in [3.05, 3.63) is 0 Å². The zero-order valence-electron chi connectivity index (χ0n) is 7.67. The number of rotatable bonds is 4. The third-order valence-corrected chi connectivity index (χ3v) is 3.71. The largest absolute Gasteiger partial charge is 0.471 e. The average molecular weight is 326 g/mol. The molecule has 0 saturated carbocycles. The Bertz CT molecular complexity index is 234. The molecule has 0 fully saturated rings. The molecule has 0 aliphatic heterocycles. The molecule has 0 N–H and O–H groups in total. The van der Waals surface area contributed by atoms with Gasteiger partial charge in [-0.3, -0.25) is 4.79 Å². The number of hydrogen-bond donors (Lipinski definition) is 0. The van der Waals surface area contributed by atoms with E-state index in [2.05, 4.69) is 42.7 Å². The quantitative estimate of drug-likeness (QED) is 0.586. The Morgan fingerprint density at radius 2 is 2.07 bits per heavy atom. The van der Waals surface area contributed by atoms with Crippen LogP contribution in [0.2, 0.25) is 0 Å². The number of carbonyl (C=O) groups excluding carboxylic acids is 1. The Hall–Kier alpha value is -0.590. The summed E-state index contributed by atoms with van der Waals surface area (Å²) in [7, 11) is 1.31. The van der Waals surface area contributed by atoms with Gasteiger partial charge in [0.1, 0.15) is 4.32 Å². The van der Waals surface area contributed by atoms with Crippen LogP contribution in [0.25, 0.3) is 0 Å². The minimum absolute atomic E-state index is 0.375. The third kappa shape index (κ3) is 9.50. The van der Waals surface area contributed by atoms with Crippen molar-refractivity contribution >= 4 is 38.3 Å². The van der Waals surface area contributed by atoms with Gasteiger partial charge in [-0.05, 0) is 6.42 Å². The molecule has 0 radical (unpaired) electrons. The highest BCUT2D eigenvalue weighted by atomic mass is 79.9. The number of nitriles is 2. The number of alkyl halides is 2. The summed E-state index contributed by atoms with van der Waals surface area (Å²) in [6, 6.07) is 4.07. The molecule has 0 amide bonds. The second kappa shape index (κ2) is 10.5. The van der Waals surface area contributed by atoms with Crippen LogP contribution >= 0.6 is 31.9 Å². The van der Waals surface area contributed by atoms with Gasteiger partial charge in [0.05, 0.1) is 19.2 Å². The summed E-state index contributed by atoms with van der Waals surface area (Å²) < 4.78 is 3.31. The smallest absolute Gasteiger partial charge is 0.292 e. The normalized spacial score (nSPS) is 12.1. The van der Waals surface area contributed by atoms with Gasteiger partial charge in [0.15, 0.2) is 0 Å². The average Bonchev–Trinajstić information content (AvgIpc) is 2.26. The van der Waals surface area contributed by atoms with Gasteiger partial charge in [-0.15, -0.1) is 0 Å². The first-order valence-electron chi connectivity index (χ1n) is 3.59. The van der Waals surface area contributed by atoms with E-state index in [9.17, 15) is 0 Å². The molecule has 0 aromatic heterocycles. The Kier molecular flexibility index (Phi) is 11.9. The highest BCUT2D eigenvalue weighted by molar-refractivity contribution is 9.12. The lowest BCUT2D eigenvalue weighted by molar-refractivity contribution is -0.126. The number of nitrogens with zero attached hydrogens (tertiary/aromatic N) is 2. The summed E-state index contributed by atoms with van der Waals surface area (Å²) in [5, 5.41) is 17.4. The highest BCUT2D eigenvalue weighted by Gasteiger charge is 2.23. The molecule has 6 heteroatoms. The van der Waals surface area contributed by atoms with Crippen molar-refractivity contribution in [2.24, 2.45) is 0 Å². The van der Waals surface area contributed by atoms with Crippen molar-refractivity contribution in [2.45, 2.75) is 17.2 Å². The van der Waals surface area contributed by atoms with E-state index in [1.807, 2.05) is 6.07 Å². The standard InChI is InChI=1S/C6H6Br2N2.C2H4O2/c7-4-6(8,5-10)2-1-3-9;1-4-2-3/h1-2,4H2;2H,1H3. The fourth-order valence-electron chi connectivity index (χ4n) is 0.407. The minimum Gasteiger partial charge on any atom is -0.471 e. The second-order valence-corrected chi connectivity index (χ2v) is 4.28. The molecule has 4 nitrogen and oxygen atoms in total. The lowest BCUT2D eigenvalue weighted by Gasteiger charge is -2.12. The molecule has 0 saturated heterocycles. The fraction of sp³-hybridized carbons (Fsp3) is 0.625. The molecule has 0 aliphatic carbocycles. The summed E-state index contributed by atoms with van der Waals surface area (Å²) in [4.78, 5) is 8.95. The molecule has 1 atom stereocenters. The van der Waals surface area contributed by atoms with Crippen LogP contribution in [0.1, 0.15) is 12.8 Å². The van der Waals surface area contributed by atoms with Gasteiger partial charge in [-0.1, -0.05) is 31.9 Å². The topological polar surface area (TPSA) is 73.9 Å². The van der Waals surface area contributed by atoms with Crippen molar-refractivity contribution in [3.63, 3.8) is 0 Å². The predicted molar refractivity (Wildman–Crippen MR) is 59.0 cm³/mol. The van der Waals surface area contributed by atoms with Gasteiger partial charge in [0.25, 0.3) is 6.47 Å². The van der Waals surface area contributed by atoms with E-state index in [1.165, 1.54) is 7.11 Å². The maximum absolute atomic E-state index is 8.95. The second-order valence-electron chi connectivity index (χ2n) is 2.20. The number of ether oxygens (including phenoxy) is 1. The van der Waals surface area contributed by atoms with Crippen molar-refractivity contribution in [2.75, 3.05) is 12.4 Å². The third-order valence-electron chi connectivity index (χ3n) is 1.14. The Morgan fingerprint density at radius 1 is 1.57 bits per heavy atom. The number of halogens is 2. The van der Waals surface area contributed by atoms with E-state index < -0.39 is 4.32 Å². The molecule has 0 heterocycles. The molecule has 0 aromatic carbocycles. The maximum atomic E-state index is 8.95. The van der Waals surface area contributed by atoms with E-state index >= 15 is 0 Å². The molecule has 0 aromatic rings. The van der Waals surface area contributed by atoms with Gasteiger partial charge in [0, 0.05) is 11.8 Å². The number of carbonyl (C=O) groups is 1. The van der Waals surface area contributed by atoms with Crippen LogP contribution < -0.4 is 0 Å². The van der Waals surface area contributed by atoms with E-state index in [0.29, 0.717) is 24.6 Å². The molecule has 0 rings (SSSR count). The van der Waals surface area contributed by atoms with Crippen molar-refractivity contribution in [3.8, 4) is 12.1 Å². The van der Waals surface area contributed by atoms with Gasteiger partial charge in [-0.25, -0.2) is 0 Å². The first-order chi connectivity index (χ1) is 6.60. The molecule has 1 unspecified atom stereocenters. The van der Waals surface area contributed by atoms with Crippen LogP contribution in [0.3, 0.4) is 0 Å². The van der Waals surface area contributed by atoms with Crippen LogP contribution in [0.15, 0.2) is 0 Å². The molecule has 14 heavy (non-hydrogen) atoms. The van der Waals surface area contributed by atoms with Crippen molar-refractivity contribution in [1.82, 2.24) is 0 Å². The van der Waals surface area contributed by atoms with E-state index in [1.54, 1.807) is 0 Å². The predicted octanol–water partition coefficient (Wildman–Crippen LogP) is 2.13. The van der Waals surface area contributed by atoms with E-state index in [0.717, 1.165) is 0 Å². The first kappa shape index (κ1) is 15.9. The van der Waals surface area contributed by atoms with Crippen LogP contribution in [0.5, 0.6) is 0 Å². The first-order valence-corrected chi connectivity index (χ1v) is 5.51. The van der Waals surface area contributed by atoms with Crippen molar-refractivity contribution in [1.29, 1.82) is 10.5 Å². The van der Waals surface area contributed by atoms with E-state index in [-0.39, 0.29) is 0 Å². The molecule has 0 bridgehead atoms. The summed E-state index contributed by atoms with van der Waals surface area (Å²) in [5.74, 6) is 0. The monoisotopic (exact) mass is 324 g/mol.